The summed E-state index contributed by atoms with van der Waals surface area (Å²) in [4.78, 5) is 30.1. The highest BCUT2D eigenvalue weighted by Gasteiger charge is 2.19. The fraction of sp³-hybridized carbons (Fsp3) is 0. The zero-order valence-corrected chi connectivity index (χ0v) is 60.9. The van der Waals surface area contributed by atoms with Crippen molar-refractivity contribution in [1.29, 1.82) is 0 Å². The number of hydrogen-bond donors (Lipinski definition) is 0. The van der Waals surface area contributed by atoms with Gasteiger partial charge >= 0.3 is 0 Å². The summed E-state index contributed by atoms with van der Waals surface area (Å²) in [5.41, 5.74) is 23.3. The lowest BCUT2D eigenvalue weighted by molar-refractivity contribution is 1.18. The van der Waals surface area contributed by atoms with Crippen LogP contribution in [0.1, 0.15) is 0 Å². The number of rotatable bonds is 12. The normalized spacial score (nSPS) is 11.4. The lowest BCUT2D eigenvalue weighted by Crippen LogP contribution is -1.97. The van der Waals surface area contributed by atoms with E-state index in [1.54, 1.807) is 0 Å². The van der Waals surface area contributed by atoms with E-state index in [0.29, 0.717) is 11.6 Å². The van der Waals surface area contributed by atoms with Gasteiger partial charge in [-0.1, -0.05) is 346 Å². The molecule has 21 rings (SSSR count). The summed E-state index contributed by atoms with van der Waals surface area (Å²) in [6, 6.07) is 138. The minimum Gasteiger partial charge on any atom is -0.263 e. The van der Waals surface area contributed by atoms with Gasteiger partial charge in [-0.3, -0.25) is 9.97 Å². The summed E-state index contributed by atoms with van der Waals surface area (Å²) < 4.78 is 0. The molecule has 0 fully saturated rings. The highest BCUT2D eigenvalue weighted by Crippen LogP contribution is 2.41. The van der Waals surface area contributed by atoms with Crippen LogP contribution in [-0.4, -0.2) is 29.9 Å². The van der Waals surface area contributed by atoms with Gasteiger partial charge in [0.2, 0.25) is 0 Å². The number of aromatic nitrogens is 6. The van der Waals surface area contributed by atoms with E-state index >= 15 is 0 Å². The van der Waals surface area contributed by atoms with Crippen molar-refractivity contribution in [3.05, 3.63) is 413 Å². The Morgan fingerprint density at radius 2 is 0.473 bits per heavy atom. The van der Waals surface area contributed by atoms with Crippen LogP contribution in [0.15, 0.2) is 413 Å². The van der Waals surface area contributed by atoms with E-state index in [1.165, 1.54) is 86.9 Å². The van der Waals surface area contributed by atoms with Gasteiger partial charge in [-0.25, -0.2) is 19.9 Å². The minimum absolute atomic E-state index is 0.678. The van der Waals surface area contributed by atoms with E-state index in [0.717, 1.165) is 111 Å². The fourth-order valence-electron chi connectivity index (χ4n) is 16.0. The Balaban J connectivity index is 0.000000146. The molecule has 4 aromatic heterocycles. The maximum Gasteiger partial charge on any atom is 0.160 e. The van der Waals surface area contributed by atoms with Crippen LogP contribution in [0.2, 0.25) is 0 Å². The summed E-state index contributed by atoms with van der Waals surface area (Å²) in [6.45, 7) is 0. The van der Waals surface area contributed by atoms with Gasteiger partial charge in [0.25, 0.3) is 0 Å². The van der Waals surface area contributed by atoms with Crippen LogP contribution in [0.5, 0.6) is 0 Å². The van der Waals surface area contributed by atoms with Crippen LogP contribution in [-0.2, 0) is 0 Å². The predicted molar refractivity (Wildman–Crippen MR) is 467 cm³/mol. The highest BCUT2D eigenvalue weighted by molar-refractivity contribution is 6.14. The molecular weight excluding hydrogens is 1360 g/mol. The number of pyridine rings is 2. The molecule has 0 saturated carbocycles. The molecule has 112 heavy (non-hydrogen) atoms. The van der Waals surface area contributed by atoms with Crippen molar-refractivity contribution >= 4 is 75.4 Å². The van der Waals surface area contributed by atoms with E-state index in [1.807, 2.05) is 24.8 Å². The molecule has 0 spiro atoms. The molecule has 0 atom stereocenters. The summed E-state index contributed by atoms with van der Waals surface area (Å²) in [5.74, 6) is 1.36. The SMILES string of the molecule is c1cc(-c2cc(-c3ccc(-c4cncc5ccccc45)cc3)nc(-c3ccc(-c4ccc5ccccc5c4)cc3)n2)cc(-c2cccc3ccccc23)c1.c1cc(-c2cc(-c3ccc(-c4cncc5ccccc45)cc3)nc(-c3cccc(-c4cc5ccccc5c5ccccc45)c3)n2)cc(-c2cccc3ccccc23)c1. The predicted octanol–water partition coefficient (Wildman–Crippen LogP) is 27.8. The van der Waals surface area contributed by atoms with E-state index < -0.39 is 0 Å². The summed E-state index contributed by atoms with van der Waals surface area (Å²) in [7, 11) is 0. The van der Waals surface area contributed by atoms with Gasteiger partial charge in [-0.2, -0.15) is 0 Å². The Morgan fingerprint density at radius 1 is 0.134 bits per heavy atom. The number of benzene rings is 17. The monoisotopic (exact) mass is 1420 g/mol. The molecule has 0 aliphatic heterocycles. The molecule has 0 N–H and O–H groups in total. The van der Waals surface area contributed by atoms with Crippen molar-refractivity contribution in [3.8, 4) is 135 Å². The molecule has 4 heterocycles. The molecule has 6 heteroatoms. The summed E-state index contributed by atoms with van der Waals surface area (Å²) >= 11 is 0. The van der Waals surface area contributed by atoms with Crippen molar-refractivity contribution in [2.75, 3.05) is 0 Å². The van der Waals surface area contributed by atoms with Crippen molar-refractivity contribution < 1.29 is 0 Å². The first-order valence-electron chi connectivity index (χ1n) is 37.9. The minimum atomic E-state index is 0.678. The first-order valence-corrected chi connectivity index (χ1v) is 37.9. The third-order valence-electron chi connectivity index (χ3n) is 21.7. The number of hydrogen-bond acceptors (Lipinski definition) is 6. The van der Waals surface area contributed by atoms with Crippen molar-refractivity contribution in [2.45, 2.75) is 0 Å². The van der Waals surface area contributed by atoms with Gasteiger partial charge < -0.3 is 0 Å². The molecular formula is C106H68N6. The van der Waals surface area contributed by atoms with Gasteiger partial charge in [0, 0.05) is 80.1 Å². The van der Waals surface area contributed by atoms with Crippen LogP contribution < -0.4 is 0 Å². The van der Waals surface area contributed by atoms with E-state index in [9.17, 15) is 0 Å². The third-order valence-corrected chi connectivity index (χ3v) is 21.7. The summed E-state index contributed by atoms with van der Waals surface area (Å²) in [5, 5.41) is 16.9. The topological polar surface area (TPSA) is 77.3 Å². The second-order valence-corrected chi connectivity index (χ2v) is 28.5. The Bertz CT molecular complexity index is 7170. The Kier molecular flexibility index (Phi) is 17.2. The Hall–Kier alpha value is -15.0. The molecule has 17 aromatic carbocycles. The molecule has 522 valence electrons. The lowest BCUT2D eigenvalue weighted by Gasteiger charge is -2.14. The van der Waals surface area contributed by atoms with Crippen molar-refractivity contribution in [3.63, 3.8) is 0 Å². The molecule has 21 aromatic rings. The van der Waals surface area contributed by atoms with Gasteiger partial charge in [0.05, 0.1) is 22.8 Å². The molecule has 0 aliphatic rings. The smallest absolute Gasteiger partial charge is 0.160 e. The molecule has 0 saturated heterocycles. The molecule has 0 amide bonds. The Labute approximate surface area is 648 Å². The quantitative estimate of drug-likeness (QED) is 0.113. The maximum absolute atomic E-state index is 5.32. The molecule has 0 radical (unpaired) electrons. The zero-order chi connectivity index (χ0) is 74.3. The van der Waals surface area contributed by atoms with Gasteiger partial charge in [-0.15, -0.1) is 0 Å². The van der Waals surface area contributed by atoms with E-state index in [2.05, 4.69) is 398 Å². The summed E-state index contributed by atoms with van der Waals surface area (Å²) in [6.07, 6.45) is 7.74. The lowest BCUT2D eigenvalue weighted by atomic mass is 9.92. The third kappa shape index (κ3) is 12.9. The second kappa shape index (κ2) is 29.0. The largest absolute Gasteiger partial charge is 0.263 e. The van der Waals surface area contributed by atoms with Crippen LogP contribution in [0.25, 0.3) is 210 Å². The van der Waals surface area contributed by atoms with E-state index in [-0.39, 0.29) is 0 Å². The fourth-order valence-corrected chi connectivity index (χ4v) is 16.0. The zero-order valence-electron chi connectivity index (χ0n) is 60.9. The number of fused-ring (bicyclic) bond motifs is 8. The van der Waals surface area contributed by atoms with Crippen LogP contribution in [0.3, 0.4) is 0 Å². The Morgan fingerprint density at radius 3 is 1.00 bits per heavy atom. The first-order chi connectivity index (χ1) is 55.5. The van der Waals surface area contributed by atoms with Gasteiger partial charge in [0.15, 0.2) is 11.6 Å². The van der Waals surface area contributed by atoms with Crippen LogP contribution >= 0.6 is 0 Å². The molecule has 0 bridgehead atoms. The second-order valence-electron chi connectivity index (χ2n) is 28.5. The standard InChI is InChI=1S/C55H35N3.C51H33N3/c1-4-20-45-36(12-1)15-11-25-46(45)39-16-9-18-42(30-39)54-33-53(38-28-26-37(27-29-38)52-35-56-34-44-14-3-6-22-48(44)52)57-55(58-54)43-19-10-17-40(31-43)51-32-41-13-2-5-21-47(41)49-23-7-8-24-50(49)51;1-2-11-40-29-41(28-21-34(40)9-1)35-19-26-39(27-20-35)51-53-49(38-24-22-37(23-25-38)48-33-52-32-44-12-4-6-17-47(44)48)31-50(54-51)43-15-7-14-42(30-43)46-18-8-13-36-10-3-5-16-45(36)46/h1-35H;1-33H. The van der Waals surface area contributed by atoms with Crippen LogP contribution in [0, 0.1) is 0 Å². The van der Waals surface area contributed by atoms with E-state index in [4.69, 9.17) is 19.9 Å². The van der Waals surface area contributed by atoms with Gasteiger partial charge in [0.1, 0.15) is 0 Å². The van der Waals surface area contributed by atoms with Crippen molar-refractivity contribution in [1.82, 2.24) is 29.9 Å². The average molecular weight is 1430 g/mol. The first kappa shape index (κ1) is 66.5. The molecule has 6 nitrogen and oxygen atoms in total. The molecule has 0 aliphatic carbocycles. The highest BCUT2D eigenvalue weighted by atomic mass is 14.9. The number of nitrogens with zero attached hydrogens (tertiary/aromatic N) is 6. The van der Waals surface area contributed by atoms with Gasteiger partial charge in [-0.05, 0) is 163 Å². The van der Waals surface area contributed by atoms with Crippen LogP contribution in [0.4, 0.5) is 0 Å². The van der Waals surface area contributed by atoms with Crippen molar-refractivity contribution in [2.24, 2.45) is 0 Å². The molecule has 0 unspecified atom stereocenters. The maximum atomic E-state index is 5.32. The average Bonchev–Trinajstić information content (AvgIpc) is 0.753.